The van der Waals surface area contributed by atoms with E-state index in [0.29, 0.717) is 19.1 Å². The van der Waals surface area contributed by atoms with Crippen molar-refractivity contribution in [2.45, 2.75) is 45.1 Å². The standard InChI is InChI=1S/C15H19NO2/c1-10-8-12-14(17)6-7-18-15(12)9-13(10)16-11-4-2-3-5-11/h8-9,11,16H,2-7H2,1H3. The average molecular weight is 245 g/mol. The molecule has 2 aliphatic rings. The van der Waals surface area contributed by atoms with Crippen LogP contribution in [0.15, 0.2) is 12.1 Å². The number of hydrogen-bond acceptors (Lipinski definition) is 3. The number of ketones is 1. The van der Waals surface area contributed by atoms with Gasteiger partial charge in [-0.1, -0.05) is 12.8 Å². The Hall–Kier alpha value is -1.51. The molecule has 0 saturated heterocycles. The normalized spacial score (nSPS) is 19.5. The number of rotatable bonds is 2. The summed E-state index contributed by atoms with van der Waals surface area (Å²) in [6.45, 7) is 2.57. The maximum absolute atomic E-state index is 11.8. The molecule has 1 aliphatic heterocycles. The van der Waals surface area contributed by atoms with Gasteiger partial charge in [0.2, 0.25) is 0 Å². The molecule has 0 amide bonds. The van der Waals surface area contributed by atoms with Crippen molar-refractivity contribution in [1.29, 1.82) is 0 Å². The lowest BCUT2D eigenvalue weighted by Crippen LogP contribution is -2.18. The summed E-state index contributed by atoms with van der Waals surface area (Å²) in [4.78, 5) is 11.8. The van der Waals surface area contributed by atoms with Crippen LogP contribution in [-0.4, -0.2) is 18.4 Å². The van der Waals surface area contributed by atoms with Gasteiger partial charge in [0.1, 0.15) is 5.75 Å². The predicted octanol–water partition coefficient (Wildman–Crippen LogP) is 3.31. The van der Waals surface area contributed by atoms with Crippen LogP contribution in [0.4, 0.5) is 5.69 Å². The summed E-state index contributed by atoms with van der Waals surface area (Å²) in [5, 5.41) is 3.58. The van der Waals surface area contributed by atoms with Gasteiger partial charge < -0.3 is 10.1 Å². The number of fused-ring (bicyclic) bond motifs is 1. The molecule has 1 saturated carbocycles. The fourth-order valence-corrected chi connectivity index (χ4v) is 2.86. The van der Waals surface area contributed by atoms with Crippen molar-refractivity contribution < 1.29 is 9.53 Å². The summed E-state index contributed by atoms with van der Waals surface area (Å²) in [7, 11) is 0. The third-order valence-corrected chi connectivity index (χ3v) is 3.93. The monoisotopic (exact) mass is 245 g/mol. The molecule has 1 aliphatic carbocycles. The number of benzene rings is 1. The molecule has 1 aromatic carbocycles. The molecule has 1 fully saturated rings. The molecular weight excluding hydrogens is 226 g/mol. The third-order valence-electron chi connectivity index (χ3n) is 3.93. The van der Waals surface area contributed by atoms with Gasteiger partial charge in [-0.15, -0.1) is 0 Å². The van der Waals surface area contributed by atoms with Crippen LogP contribution in [0.2, 0.25) is 0 Å². The first-order valence-corrected chi connectivity index (χ1v) is 6.81. The molecule has 0 bridgehead atoms. The highest BCUT2D eigenvalue weighted by molar-refractivity contribution is 6.00. The number of ether oxygens (including phenoxy) is 1. The smallest absolute Gasteiger partial charge is 0.170 e. The van der Waals surface area contributed by atoms with Crippen molar-refractivity contribution in [3.05, 3.63) is 23.3 Å². The van der Waals surface area contributed by atoms with Crippen molar-refractivity contribution in [3.8, 4) is 5.75 Å². The highest BCUT2D eigenvalue weighted by Gasteiger charge is 2.21. The molecular formula is C15H19NO2. The van der Waals surface area contributed by atoms with Gasteiger partial charge in [0.15, 0.2) is 5.78 Å². The van der Waals surface area contributed by atoms with E-state index >= 15 is 0 Å². The predicted molar refractivity (Wildman–Crippen MR) is 71.5 cm³/mol. The minimum absolute atomic E-state index is 0.201. The van der Waals surface area contributed by atoms with Crippen LogP contribution in [-0.2, 0) is 0 Å². The number of hydrogen-bond donors (Lipinski definition) is 1. The van der Waals surface area contributed by atoms with Gasteiger partial charge in [0.05, 0.1) is 12.2 Å². The lowest BCUT2D eigenvalue weighted by atomic mass is 10.0. The highest BCUT2D eigenvalue weighted by Crippen LogP contribution is 2.32. The summed E-state index contributed by atoms with van der Waals surface area (Å²) in [5.74, 6) is 0.948. The molecule has 0 unspecified atom stereocenters. The van der Waals surface area contributed by atoms with Crippen LogP contribution in [0.5, 0.6) is 5.75 Å². The molecule has 0 atom stereocenters. The van der Waals surface area contributed by atoms with Gasteiger partial charge in [-0.2, -0.15) is 0 Å². The Kier molecular flexibility index (Phi) is 2.98. The average Bonchev–Trinajstić information content (AvgIpc) is 2.84. The van der Waals surface area contributed by atoms with Gasteiger partial charge >= 0.3 is 0 Å². The van der Waals surface area contributed by atoms with Crippen molar-refractivity contribution in [2.24, 2.45) is 0 Å². The number of carbonyl (C=O) groups excluding carboxylic acids is 1. The van der Waals surface area contributed by atoms with Crippen LogP contribution in [0, 0.1) is 6.92 Å². The molecule has 1 N–H and O–H groups in total. The largest absolute Gasteiger partial charge is 0.492 e. The molecule has 0 aromatic heterocycles. The van der Waals surface area contributed by atoms with E-state index in [1.165, 1.54) is 25.7 Å². The van der Waals surface area contributed by atoms with E-state index in [4.69, 9.17) is 4.74 Å². The Morgan fingerprint density at radius 1 is 1.28 bits per heavy atom. The molecule has 1 heterocycles. The quantitative estimate of drug-likeness (QED) is 0.868. The summed E-state index contributed by atoms with van der Waals surface area (Å²) in [6.07, 6.45) is 5.63. The van der Waals surface area contributed by atoms with Gasteiger partial charge in [0.25, 0.3) is 0 Å². The molecule has 0 radical (unpaired) electrons. The van der Waals surface area contributed by atoms with Crippen molar-refractivity contribution >= 4 is 11.5 Å². The molecule has 96 valence electrons. The number of anilines is 1. The molecule has 3 nitrogen and oxygen atoms in total. The van der Waals surface area contributed by atoms with Crippen molar-refractivity contribution in [3.63, 3.8) is 0 Å². The lowest BCUT2D eigenvalue weighted by molar-refractivity contribution is 0.0933. The van der Waals surface area contributed by atoms with E-state index in [9.17, 15) is 4.79 Å². The maximum atomic E-state index is 11.8. The summed E-state index contributed by atoms with van der Waals surface area (Å²) >= 11 is 0. The molecule has 18 heavy (non-hydrogen) atoms. The number of Topliss-reactive ketones (excluding diaryl/α,β-unsaturated/α-hetero) is 1. The van der Waals surface area contributed by atoms with Crippen LogP contribution in [0.3, 0.4) is 0 Å². The fraction of sp³-hybridized carbons (Fsp3) is 0.533. The van der Waals surface area contributed by atoms with E-state index in [1.807, 2.05) is 12.1 Å². The summed E-state index contributed by atoms with van der Waals surface area (Å²) in [5.41, 5.74) is 3.01. The second-order valence-corrected chi connectivity index (χ2v) is 5.31. The van der Waals surface area contributed by atoms with Gasteiger partial charge in [-0.3, -0.25) is 4.79 Å². The number of aryl methyl sites for hydroxylation is 1. The zero-order valence-corrected chi connectivity index (χ0v) is 10.8. The molecule has 1 aromatic rings. The first-order valence-electron chi connectivity index (χ1n) is 6.81. The van der Waals surface area contributed by atoms with Crippen LogP contribution in [0.25, 0.3) is 0 Å². The topological polar surface area (TPSA) is 38.3 Å². The number of nitrogens with one attached hydrogen (secondary N) is 1. The lowest BCUT2D eigenvalue weighted by Gasteiger charge is -2.21. The zero-order valence-electron chi connectivity index (χ0n) is 10.8. The van der Waals surface area contributed by atoms with Crippen LogP contribution >= 0.6 is 0 Å². The molecule has 0 spiro atoms. The maximum Gasteiger partial charge on any atom is 0.170 e. The van der Waals surface area contributed by atoms with E-state index in [0.717, 1.165) is 22.6 Å². The van der Waals surface area contributed by atoms with E-state index in [1.54, 1.807) is 0 Å². The Bertz CT molecular complexity index is 476. The SMILES string of the molecule is Cc1cc2c(cc1NC1CCCC1)OCCC2=O. The second-order valence-electron chi connectivity index (χ2n) is 5.31. The molecule has 3 heteroatoms. The Morgan fingerprint density at radius 2 is 2.06 bits per heavy atom. The van der Waals surface area contributed by atoms with Crippen LogP contribution in [0.1, 0.15) is 48.0 Å². The second kappa shape index (κ2) is 4.63. The first kappa shape index (κ1) is 11.6. The minimum atomic E-state index is 0.201. The van der Waals surface area contributed by atoms with E-state index in [2.05, 4.69) is 12.2 Å². The van der Waals surface area contributed by atoms with Gasteiger partial charge in [0, 0.05) is 24.2 Å². The first-order chi connectivity index (χ1) is 8.74. The fourth-order valence-electron chi connectivity index (χ4n) is 2.86. The number of carbonyl (C=O) groups is 1. The third kappa shape index (κ3) is 2.09. The Labute approximate surface area is 108 Å². The molecule has 3 rings (SSSR count). The Morgan fingerprint density at radius 3 is 2.83 bits per heavy atom. The van der Waals surface area contributed by atoms with Gasteiger partial charge in [-0.05, 0) is 31.4 Å². The summed E-state index contributed by atoms with van der Waals surface area (Å²) < 4.78 is 5.59. The van der Waals surface area contributed by atoms with Gasteiger partial charge in [-0.25, -0.2) is 0 Å². The minimum Gasteiger partial charge on any atom is -0.492 e. The Balaban J connectivity index is 1.88. The van der Waals surface area contributed by atoms with E-state index < -0.39 is 0 Å². The van der Waals surface area contributed by atoms with Crippen molar-refractivity contribution in [1.82, 2.24) is 0 Å². The van der Waals surface area contributed by atoms with Crippen LogP contribution < -0.4 is 10.1 Å². The van der Waals surface area contributed by atoms with Crippen molar-refractivity contribution in [2.75, 3.05) is 11.9 Å². The van der Waals surface area contributed by atoms with E-state index in [-0.39, 0.29) is 5.78 Å². The highest BCUT2D eigenvalue weighted by atomic mass is 16.5. The summed E-state index contributed by atoms with van der Waals surface area (Å²) in [6, 6.07) is 4.55. The zero-order chi connectivity index (χ0) is 12.5.